The molecule has 1 aromatic heterocycles. The molecule has 112 valence electrons. The number of nitrogens with two attached hydrogens (primary N) is 1. The topological polar surface area (TPSA) is 70.3 Å². The first-order valence-electron chi connectivity index (χ1n) is 6.93. The predicted molar refractivity (Wildman–Crippen MR) is 85.1 cm³/mol. The van der Waals surface area contributed by atoms with Gasteiger partial charge < -0.3 is 15.2 Å². The van der Waals surface area contributed by atoms with Gasteiger partial charge in [0.05, 0.1) is 31.5 Å². The van der Waals surface area contributed by atoms with Gasteiger partial charge in [-0.1, -0.05) is 30.3 Å². The minimum Gasteiger partial charge on any atom is -0.497 e. The standard InChI is InChI=1S/C17H17N3O2/c1-21-12-9-7-11(8-10-12)15(18)16-13-5-3-4-6-14(13)19-17(20-16)22-2/h3-10,15H,18H2,1-2H3. The zero-order valence-electron chi connectivity index (χ0n) is 12.5. The number of hydrogen-bond donors (Lipinski definition) is 1. The molecule has 3 aromatic rings. The van der Waals surface area contributed by atoms with Crippen molar-refractivity contribution in [3.8, 4) is 11.8 Å². The Balaban J connectivity index is 2.10. The van der Waals surface area contributed by atoms with Crippen molar-refractivity contribution in [2.45, 2.75) is 6.04 Å². The van der Waals surface area contributed by atoms with Crippen LogP contribution in [0.5, 0.6) is 11.8 Å². The molecule has 1 unspecified atom stereocenters. The fraction of sp³-hybridized carbons (Fsp3) is 0.176. The average Bonchev–Trinajstić information content (AvgIpc) is 2.60. The van der Waals surface area contributed by atoms with Gasteiger partial charge >= 0.3 is 6.01 Å². The fourth-order valence-corrected chi connectivity index (χ4v) is 2.38. The van der Waals surface area contributed by atoms with Crippen molar-refractivity contribution in [3.05, 3.63) is 59.8 Å². The van der Waals surface area contributed by atoms with E-state index in [1.165, 1.54) is 0 Å². The van der Waals surface area contributed by atoms with Gasteiger partial charge in [-0.15, -0.1) is 0 Å². The molecule has 0 saturated heterocycles. The van der Waals surface area contributed by atoms with Gasteiger partial charge in [-0.25, -0.2) is 0 Å². The lowest BCUT2D eigenvalue weighted by atomic mass is 10.0. The van der Waals surface area contributed by atoms with Crippen LogP contribution >= 0.6 is 0 Å². The Hall–Kier alpha value is -2.66. The molecule has 0 aliphatic carbocycles. The van der Waals surface area contributed by atoms with Crippen molar-refractivity contribution in [3.63, 3.8) is 0 Å². The van der Waals surface area contributed by atoms with E-state index in [1.54, 1.807) is 14.2 Å². The SMILES string of the molecule is COc1ccc(C(N)c2nc(OC)nc3ccccc23)cc1. The molecule has 0 aliphatic rings. The van der Waals surface area contributed by atoms with Crippen molar-refractivity contribution in [2.24, 2.45) is 5.73 Å². The van der Waals surface area contributed by atoms with Crippen LogP contribution in [0.15, 0.2) is 48.5 Å². The van der Waals surface area contributed by atoms with E-state index in [1.807, 2.05) is 48.5 Å². The third-order valence-electron chi connectivity index (χ3n) is 3.56. The zero-order valence-corrected chi connectivity index (χ0v) is 12.5. The number of methoxy groups -OCH3 is 2. The van der Waals surface area contributed by atoms with Crippen LogP contribution in [0.2, 0.25) is 0 Å². The van der Waals surface area contributed by atoms with E-state index in [-0.39, 0.29) is 6.04 Å². The highest BCUT2D eigenvalue weighted by molar-refractivity contribution is 5.82. The minimum absolute atomic E-state index is 0.317. The van der Waals surface area contributed by atoms with Crippen LogP contribution in [0.4, 0.5) is 0 Å². The van der Waals surface area contributed by atoms with E-state index in [0.29, 0.717) is 6.01 Å². The van der Waals surface area contributed by atoms with Crippen LogP contribution in [0.1, 0.15) is 17.3 Å². The van der Waals surface area contributed by atoms with Crippen LogP contribution < -0.4 is 15.2 Å². The lowest BCUT2D eigenvalue weighted by molar-refractivity contribution is 0.379. The number of aromatic nitrogens is 2. The van der Waals surface area contributed by atoms with Gasteiger partial charge in [-0.3, -0.25) is 0 Å². The molecule has 22 heavy (non-hydrogen) atoms. The van der Waals surface area contributed by atoms with Crippen LogP contribution in [0, 0.1) is 0 Å². The average molecular weight is 295 g/mol. The normalized spacial score (nSPS) is 12.1. The first-order valence-corrected chi connectivity index (χ1v) is 6.93. The van der Waals surface area contributed by atoms with Gasteiger partial charge in [0.25, 0.3) is 0 Å². The van der Waals surface area contributed by atoms with E-state index in [4.69, 9.17) is 15.2 Å². The third kappa shape index (κ3) is 2.58. The molecule has 0 spiro atoms. The smallest absolute Gasteiger partial charge is 0.316 e. The monoisotopic (exact) mass is 295 g/mol. The van der Waals surface area contributed by atoms with Crippen LogP contribution in [-0.2, 0) is 0 Å². The van der Waals surface area contributed by atoms with E-state index < -0.39 is 0 Å². The second-order valence-electron chi connectivity index (χ2n) is 4.86. The van der Waals surface area contributed by atoms with E-state index >= 15 is 0 Å². The number of fused-ring (bicyclic) bond motifs is 1. The molecule has 0 saturated carbocycles. The molecule has 0 amide bonds. The van der Waals surface area contributed by atoms with Crippen LogP contribution in [0.3, 0.4) is 0 Å². The second kappa shape index (κ2) is 5.99. The highest BCUT2D eigenvalue weighted by atomic mass is 16.5. The summed E-state index contributed by atoms with van der Waals surface area (Å²) in [6.45, 7) is 0. The number of para-hydroxylation sites is 1. The summed E-state index contributed by atoms with van der Waals surface area (Å²) in [5, 5.41) is 0.923. The van der Waals surface area contributed by atoms with Crippen LogP contribution in [0.25, 0.3) is 10.9 Å². The summed E-state index contributed by atoms with van der Waals surface area (Å²) >= 11 is 0. The molecule has 0 aliphatic heterocycles. The summed E-state index contributed by atoms with van der Waals surface area (Å²) in [5.41, 5.74) is 8.92. The molecule has 5 nitrogen and oxygen atoms in total. The molecule has 0 radical (unpaired) electrons. The summed E-state index contributed by atoms with van der Waals surface area (Å²) in [4.78, 5) is 8.80. The Morgan fingerprint density at radius 2 is 1.64 bits per heavy atom. The van der Waals surface area contributed by atoms with Gasteiger partial charge in [-0.05, 0) is 23.8 Å². The van der Waals surface area contributed by atoms with Crippen molar-refractivity contribution in [2.75, 3.05) is 14.2 Å². The van der Waals surface area contributed by atoms with Gasteiger partial charge in [-0.2, -0.15) is 9.97 Å². The number of nitrogens with zero attached hydrogens (tertiary/aromatic N) is 2. The molecule has 5 heteroatoms. The summed E-state index contributed by atoms with van der Waals surface area (Å²) in [7, 11) is 3.19. The number of benzene rings is 2. The van der Waals surface area contributed by atoms with E-state index in [0.717, 1.165) is 27.9 Å². The molecule has 2 aromatic carbocycles. The van der Waals surface area contributed by atoms with Crippen molar-refractivity contribution in [1.29, 1.82) is 0 Å². The van der Waals surface area contributed by atoms with Crippen molar-refractivity contribution >= 4 is 10.9 Å². The summed E-state index contributed by atoms with van der Waals surface area (Å²) < 4.78 is 10.4. The van der Waals surface area contributed by atoms with E-state index in [9.17, 15) is 0 Å². The molecular weight excluding hydrogens is 278 g/mol. The molecule has 3 rings (SSSR count). The Morgan fingerprint density at radius 3 is 2.32 bits per heavy atom. The highest BCUT2D eigenvalue weighted by Gasteiger charge is 2.16. The third-order valence-corrected chi connectivity index (χ3v) is 3.56. The van der Waals surface area contributed by atoms with E-state index in [2.05, 4.69) is 9.97 Å². The maximum absolute atomic E-state index is 6.41. The lowest BCUT2D eigenvalue weighted by Crippen LogP contribution is -2.15. The van der Waals surface area contributed by atoms with Crippen molar-refractivity contribution < 1.29 is 9.47 Å². The maximum Gasteiger partial charge on any atom is 0.316 e. The quantitative estimate of drug-likeness (QED) is 0.801. The largest absolute Gasteiger partial charge is 0.497 e. The first-order chi connectivity index (χ1) is 10.7. The fourth-order valence-electron chi connectivity index (χ4n) is 2.38. The van der Waals surface area contributed by atoms with Crippen molar-refractivity contribution in [1.82, 2.24) is 9.97 Å². The molecule has 2 N–H and O–H groups in total. The van der Waals surface area contributed by atoms with Gasteiger partial charge in [0, 0.05) is 5.39 Å². The summed E-state index contributed by atoms with van der Waals surface area (Å²) in [6, 6.07) is 15.4. The molecule has 0 bridgehead atoms. The Bertz CT molecular complexity index is 788. The summed E-state index contributed by atoms with van der Waals surface area (Å²) in [5.74, 6) is 0.793. The Morgan fingerprint density at radius 1 is 0.909 bits per heavy atom. The number of ether oxygens (including phenoxy) is 2. The molecular formula is C17H17N3O2. The Labute approximate surface area is 128 Å². The van der Waals surface area contributed by atoms with Gasteiger partial charge in [0.2, 0.25) is 0 Å². The second-order valence-corrected chi connectivity index (χ2v) is 4.86. The zero-order chi connectivity index (χ0) is 15.5. The molecule has 1 atom stereocenters. The number of rotatable bonds is 4. The van der Waals surface area contributed by atoms with Gasteiger partial charge in [0.1, 0.15) is 5.75 Å². The first kappa shape index (κ1) is 14.3. The Kier molecular flexibility index (Phi) is 3.89. The van der Waals surface area contributed by atoms with Crippen LogP contribution in [-0.4, -0.2) is 24.2 Å². The lowest BCUT2D eigenvalue weighted by Gasteiger charge is -2.15. The predicted octanol–water partition coefficient (Wildman–Crippen LogP) is 2.70. The minimum atomic E-state index is -0.368. The molecule has 0 fully saturated rings. The maximum atomic E-state index is 6.41. The highest BCUT2D eigenvalue weighted by Crippen LogP contribution is 2.27. The van der Waals surface area contributed by atoms with Gasteiger partial charge in [0.15, 0.2) is 0 Å². The summed E-state index contributed by atoms with van der Waals surface area (Å²) in [6.07, 6.45) is 0. The molecule has 1 heterocycles. The number of hydrogen-bond acceptors (Lipinski definition) is 5.